The van der Waals surface area contributed by atoms with Crippen molar-refractivity contribution in [2.45, 2.75) is 20.3 Å². The molecule has 2 rings (SSSR count). The lowest BCUT2D eigenvalue weighted by Gasteiger charge is -2.07. The Morgan fingerprint density at radius 2 is 1.84 bits per heavy atom. The van der Waals surface area contributed by atoms with Gasteiger partial charge in [-0.25, -0.2) is 0 Å². The molecule has 0 aliphatic heterocycles. The minimum absolute atomic E-state index is 0.358. The molecule has 1 aromatic heterocycles. The molecule has 0 fully saturated rings. The maximum Gasteiger partial charge on any atom is 0.321 e. The van der Waals surface area contributed by atoms with Crippen LogP contribution in [0.1, 0.15) is 18.9 Å². The zero-order chi connectivity index (χ0) is 13.7. The van der Waals surface area contributed by atoms with Crippen LogP contribution in [0, 0.1) is 6.92 Å². The summed E-state index contributed by atoms with van der Waals surface area (Å²) in [5.74, 6) is 1.13. The Hall–Kier alpha value is -2.17. The summed E-state index contributed by atoms with van der Waals surface area (Å²) in [6, 6.07) is 8.41. The van der Waals surface area contributed by atoms with Crippen molar-refractivity contribution in [3.05, 3.63) is 29.8 Å². The number of hydrogen-bond acceptors (Lipinski definition) is 5. The zero-order valence-electron chi connectivity index (χ0n) is 11.5. The molecule has 0 unspecified atom stereocenters. The minimum Gasteiger partial charge on any atom is -0.463 e. The van der Waals surface area contributed by atoms with E-state index in [1.807, 2.05) is 38.1 Å². The normalized spacial score (nSPS) is 10.3. The van der Waals surface area contributed by atoms with Crippen LogP contribution in [0.3, 0.4) is 0 Å². The third-order valence-electron chi connectivity index (χ3n) is 2.58. The van der Waals surface area contributed by atoms with Gasteiger partial charge < -0.3 is 10.1 Å². The summed E-state index contributed by atoms with van der Waals surface area (Å²) >= 11 is 0. The first-order chi connectivity index (χ1) is 9.22. The molecule has 5 heteroatoms. The first-order valence-electron chi connectivity index (χ1n) is 6.36. The van der Waals surface area contributed by atoms with Gasteiger partial charge in [0.2, 0.25) is 5.95 Å². The van der Waals surface area contributed by atoms with Crippen molar-refractivity contribution in [3.8, 4) is 17.4 Å². The van der Waals surface area contributed by atoms with Crippen molar-refractivity contribution in [3.63, 3.8) is 0 Å². The van der Waals surface area contributed by atoms with Crippen LogP contribution in [-0.2, 0) is 0 Å². The van der Waals surface area contributed by atoms with E-state index < -0.39 is 0 Å². The minimum atomic E-state index is 0.358. The first kappa shape index (κ1) is 13.3. The van der Waals surface area contributed by atoms with Crippen LogP contribution in [0.15, 0.2) is 24.3 Å². The molecule has 100 valence electrons. The topological polar surface area (TPSA) is 59.9 Å². The van der Waals surface area contributed by atoms with E-state index in [1.165, 1.54) is 5.56 Å². The fourth-order valence-electron chi connectivity index (χ4n) is 1.56. The molecule has 0 radical (unpaired) electrons. The molecule has 0 atom stereocenters. The molecule has 1 heterocycles. The van der Waals surface area contributed by atoms with Gasteiger partial charge >= 0.3 is 6.01 Å². The summed E-state index contributed by atoms with van der Waals surface area (Å²) in [5.41, 5.74) is 2.15. The van der Waals surface area contributed by atoms with Crippen LogP contribution in [-0.4, -0.2) is 28.6 Å². The molecule has 0 spiro atoms. The predicted octanol–water partition coefficient (Wildman–Crippen LogP) is 2.68. The highest BCUT2D eigenvalue weighted by atomic mass is 16.5. The van der Waals surface area contributed by atoms with E-state index in [2.05, 4.69) is 20.3 Å². The predicted molar refractivity (Wildman–Crippen MR) is 75.3 cm³/mol. The van der Waals surface area contributed by atoms with Crippen LogP contribution in [0.25, 0.3) is 11.4 Å². The van der Waals surface area contributed by atoms with E-state index in [0.717, 1.165) is 12.0 Å². The summed E-state index contributed by atoms with van der Waals surface area (Å²) in [5, 5.41) is 2.92. The van der Waals surface area contributed by atoms with Crippen molar-refractivity contribution in [1.29, 1.82) is 0 Å². The van der Waals surface area contributed by atoms with Crippen molar-refractivity contribution in [2.75, 3.05) is 19.0 Å². The molecule has 0 aliphatic rings. The summed E-state index contributed by atoms with van der Waals surface area (Å²) in [7, 11) is 1.78. The van der Waals surface area contributed by atoms with Gasteiger partial charge in [-0.2, -0.15) is 15.0 Å². The Bertz CT molecular complexity index is 540. The second-order valence-corrected chi connectivity index (χ2v) is 4.23. The number of benzene rings is 1. The van der Waals surface area contributed by atoms with Gasteiger partial charge in [0, 0.05) is 12.6 Å². The van der Waals surface area contributed by atoms with Crippen LogP contribution < -0.4 is 10.1 Å². The highest BCUT2D eigenvalue weighted by Crippen LogP contribution is 2.19. The maximum atomic E-state index is 5.48. The van der Waals surface area contributed by atoms with E-state index in [9.17, 15) is 0 Å². The lowest BCUT2D eigenvalue weighted by atomic mass is 10.1. The summed E-state index contributed by atoms with van der Waals surface area (Å²) < 4.78 is 5.48. The molecule has 0 aliphatic carbocycles. The molecule has 0 bridgehead atoms. The number of aryl methyl sites for hydroxylation is 1. The molecule has 1 aromatic carbocycles. The second-order valence-electron chi connectivity index (χ2n) is 4.23. The van der Waals surface area contributed by atoms with Crippen molar-refractivity contribution in [1.82, 2.24) is 15.0 Å². The number of anilines is 1. The van der Waals surface area contributed by atoms with Gasteiger partial charge in [0.1, 0.15) is 0 Å². The highest BCUT2D eigenvalue weighted by Gasteiger charge is 2.08. The van der Waals surface area contributed by atoms with Crippen molar-refractivity contribution < 1.29 is 4.74 Å². The van der Waals surface area contributed by atoms with Gasteiger partial charge in [-0.1, -0.05) is 36.8 Å². The number of rotatable bonds is 5. The number of nitrogens with zero attached hydrogens (tertiary/aromatic N) is 3. The van der Waals surface area contributed by atoms with E-state index in [1.54, 1.807) is 7.05 Å². The summed E-state index contributed by atoms with van der Waals surface area (Å²) in [6.45, 7) is 4.69. The SMILES string of the molecule is CCCOc1nc(NC)nc(-c2ccc(C)cc2)n1. The molecule has 0 amide bonds. The highest BCUT2D eigenvalue weighted by molar-refractivity contribution is 5.56. The number of hydrogen-bond donors (Lipinski definition) is 1. The van der Waals surface area contributed by atoms with Crippen molar-refractivity contribution >= 4 is 5.95 Å². The average molecular weight is 258 g/mol. The smallest absolute Gasteiger partial charge is 0.321 e. The quantitative estimate of drug-likeness (QED) is 0.893. The molecule has 2 aromatic rings. The molecule has 0 saturated carbocycles. The van der Waals surface area contributed by atoms with Gasteiger partial charge in [0.25, 0.3) is 0 Å². The Labute approximate surface area is 113 Å². The molecule has 5 nitrogen and oxygen atoms in total. The van der Waals surface area contributed by atoms with E-state index in [4.69, 9.17) is 4.74 Å². The van der Waals surface area contributed by atoms with Crippen LogP contribution in [0.5, 0.6) is 6.01 Å². The Morgan fingerprint density at radius 1 is 1.11 bits per heavy atom. The third-order valence-corrected chi connectivity index (χ3v) is 2.58. The fourth-order valence-corrected chi connectivity index (χ4v) is 1.56. The number of nitrogens with one attached hydrogen (secondary N) is 1. The summed E-state index contributed by atoms with van der Waals surface area (Å²) in [6.07, 6.45) is 0.917. The van der Waals surface area contributed by atoms with Gasteiger partial charge in [-0.3, -0.25) is 0 Å². The standard InChI is InChI=1S/C14H18N4O/c1-4-9-19-14-17-12(16-13(15-3)18-14)11-7-5-10(2)6-8-11/h5-8H,4,9H2,1-3H3,(H,15,16,17,18). The fraction of sp³-hybridized carbons (Fsp3) is 0.357. The largest absolute Gasteiger partial charge is 0.463 e. The van der Waals surface area contributed by atoms with Crippen LogP contribution in [0.2, 0.25) is 0 Å². The Kier molecular flexibility index (Phi) is 4.28. The second kappa shape index (κ2) is 6.13. The third kappa shape index (κ3) is 3.40. The molecular formula is C14H18N4O. The zero-order valence-corrected chi connectivity index (χ0v) is 11.5. The van der Waals surface area contributed by atoms with Gasteiger partial charge in [-0.05, 0) is 13.3 Å². The monoisotopic (exact) mass is 258 g/mol. The van der Waals surface area contributed by atoms with Gasteiger partial charge in [-0.15, -0.1) is 0 Å². The molecule has 0 saturated heterocycles. The first-order valence-corrected chi connectivity index (χ1v) is 6.36. The average Bonchev–Trinajstić information content (AvgIpc) is 2.45. The van der Waals surface area contributed by atoms with Crippen LogP contribution >= 0.6 is 0 Å². The number of ether oxygens (including phenoxy) is 1. The molecule has 19 heavy (non-hydrogen) atoms. The van der Waals surface area contributed by atoms with Gasteiger partial charge in [0.05, 0.1) is 6.61 Å². The lowest BCUT2D eigenvalue weighted by Crippen LogP contribution is -2.06. The summed E-state index contributed by atoms with van der Waals surface area (Å²) in [4.78, 5) is 12.9. The Morgan fingerprint density at radius 3 is 2.47 bits per heavy atom. The van der Waals surface area contributed by atoms with Gasteiger partial charge in [0.15, 0.2) is 5.82 Å². The lowest BCUT2D eigenvalue weighted by molar-refractivity contribution is 0.292. The molecule has 1 N–H and O–H groups in total. The Balaban J connectivity index is 2.35. The van der Waals surface area contributed by atoms with E-state index >= 15 is 0 Å². The van der Waals surface area contributed by atoms with E-state index in [0.29, 0.717) is 24.4 Å². The van der Waals surface area contributed by atoms with Crippen LogP contribution in [0.4, 0.5) is 5.95 Å². The molecular weight excluding hydrogens is 240 g/mol. The number of aromatic nitrogens is 3. The van der Waals surface area contributed by atoms with Crippen molar-refractivity contribution in [2.24, 2.45) is 0 Å². The van der Waals surface area contributed by atoms with E-state index in [-0.39, 0.29) is 0 Å². The maximum absolute atomic E-state index is 5.48.